The number of hydrogen-bond acceptors (Lipinski definition) is 4. The Kier molecular flexibility index (Phi) is 5.95. The first-order chi connectivity index (χ1) is 10.7. The van der Waals surface area contributed by atoms with Crippen LogP contribution in [-0.2, 0) is 4.74 Å². The molecule has 2 aliphatic rings. The number of carbonyl (C=O) groups excluding carboxylic acids is 1. The minimum absolute atomic E-state index is 0.0927. The van der Waals surface area contributed by atoms with Gasteiger partial charge >= 0.3 is 6.09 Å². The molecular weight excluding hydrogens is 290 g/mol. The van der Waals surface area contributed by atoms with E-state index in [1.807, 2.05) is 20.8 Å². The zero-order chi connectivity index (χ0) is 17.2. The van der Waals surface area contributed by atoms with Crippen LogP contribution in [0.2, 0.25) is 0 Å². The fraction of sp³-hybridized carbons (Fsp3) is 0.944. The van der Waals surface area contributed by atoms with Gasteiger partial charge in [0.15, 0.2) is 0 Å². The highest BCUT2D eigenvalue weighted by molar-refractivity contribution is 5.68. The van der Waals surface area contributed by atoms with Crippen LogP contribution in [-0.4, -0.2) is 53.9 Å². The molecule has 3 unspecified atom stereocenters. The van der Waals surface area contributed by atoms with Crippen molar-refractivity contribution >= 4 is 6.09 Å². The zero-order valence-electron chi connectivity index (χ0n) is 15.7. The number of likely N-dealkylation sites (tertiary alicyclic amines) is 1. The van der Waals surface area contributed by atoms with Crippen LogP contribution < -0.4 is 10.6 Å². The number of carbonyl (C=O) groups is 1. The van der Waals surface area contributed by atoms with Gasteiger partial charge in [-0.25, -0.2) is 4.79 Å². The van der Waals surface area contributed by atoms with E-state index in [0.717, 1.165) is 19.1 Å². The van der Waals surface area contributed by atoms with Gasteiger partial charge in [-0.1, -0.05) is 13.8 Å². The summed E-state index contributed by atoms with van der Waals surface area (Å²) in [6.45, 7) is 14.2. The molecule has 2 fully saturated rings. The Morgan fingerprint density at radius 3 is 2.48 bits per heavy atom. The topological polar surface area (TPSA) is 53.6 Å². The van der Waals surface area contributed by atoms with Gasteiger partial charge in [-0.2, -0.15) is 0 Å². The number of rotatable bonds is 6. The monoisotopic (exact) mass is 325 g/mol. The fourth-order valence-electron chi connectivity index (χ4n) is 3.33. The molecule has 5 heteroatoms. The molecule has 134 valence electrons. The molecule has 1 heterocycles. The van der Waals surface area contributed by atoms with E-state index in [0.29, 0.717) is 18.0 Å². The van der Waals surface area contributed by atoms with Crippen molar-refractivity contribution in [2.24, 2.45) is 5.92 Å². The van der Waals surface area contributed by atoms with Crippen molar-refractivity contribution in [3.63, 3.8) is 0 Å². The van der Waals surface area contributed by atoms with Crippen molar-refractivity contribution in [2.45, 2.75) is 90.6 Å². The number of ether oxygens (including phenoxy) is 1. The maximum absolute atomic E-state index is 12.0. The Bertz CT molecular complexity index is 402. The molecular formula is C18H35N3O2. The summed E-state index contributed by atoms with van der Waals surface area (Å²) >= 11 is 0. The standard InChI is InChI=1S/C18H35N3O2/c1-12(2)16(20-17(22)23-18(4,5)6)10-19-14-9-13(3)21(11-14)15-7-8-15/h12-16,19H,7-11H2,1-6H3,(H,20,22). The Morgan fingerprint density at radius 2 is 1.96 bits per heavy atom. The minimum Gasteiger partial charge on any atom is -0.444 e. The van der Waals surface area contributed by atoms with E-state index < -0.39 is 5.60 Å². The molecule has 0 radical (unpaired) electrons. The van der Waals surface area contributed by atoms with Crippen LogP contribution in [0.15, 0.2) is 0 Å². The second kappa shape index (κ2) is 7.39. The van der Waals surface area contributed by atoms with Crippen molar-refractivity contribution in [1.29, 1.82) is 0 Å². The lowest BCUT2D eigenvalue weighted by atomic mass is 10.0. The lowest BCUT2D eigenvalue weighted by Crippen LogP contribution is -2.49. The van der Waals surface area contributed by atoms with E-state index in [-0.39, 0.29) is 12.1 Å². The smallest absolute Gasteiger partial charge is 0.407 e. The minimum atomic E-state index is -0.454. The van der Waals surface area contributed by atoms with Crippen LogP contribution >= 0.6 is 0 Å². The molecule has 1 aliphatic heterocycles. The molecule has 5 nitrogen and oxygen atoms in total. The predicted molar refractivity (Wildman–Crippen MR) is 93.6 cm³/mol. The highest BCUT2D eigenvalue weighted by Gasteiger charge is 2.38. The van der Waals surface area contributed by atoms with Crippen molar-refractivity contribution in [1.82, 2.24) is 15.5 Å². The van der Waals surface area contributed by atoms with Gasteiger partial charge in [-0.3, -0.25) is 4.90 Å². The van der Waals surface area contributed by atoms with E-state index in [9.17, 15) is 4.79 Å². The van der Waals surface area contributed by atoms with Crippen molar-refractivity contribution < 1.29 is 9.53 Å². The second-order valence-corrected chi connectivity index (χ2v) is 8.61. The normalized spacial score (nSPS) is 27.3. The first-order valence-electron chi connectivity index (χ1n) is 9.14. The Morgan fingerprint density at radius 1 is 1.30 bits per heavy atom. The van der Waals surface area contributed by atoms with Crippen LogP contribution in [0.25, 0.3) is 0 Å². The molecule has 0 bridgehead atoms. The Labute approximate surface area is 141 Å². The second-order valence-electron chi connectivity index (χ2n) is 8.61. The number of hydrogen-bond donors (Lipinski definition) is 2. The molecule has 2 rings (SSSR count). The molecule has 0 aromatic carbocycles. The largest absolute Gasteiger partial charge is 0.444 e. The zero-order valence-corrected chi connectivity index (χ0v) is 15.7. The molecule has 1 aliphatic carbocycles. The molecule has 23 heavy (non-hydrogen) atoms. The quantitative estimate of drug-likeness (QED) is 0.788. The summed E-state index contributed by atoms with van der Waals surface area (Å²) in [6, 6.07) is 2.14. The molecule has 0 aromatic rings. The van der Waals surface area contributed by atoms with E-state index in [4.69, 9.17) is 4.74 Å². The van der Waals surface area contributed by atoms with E-state index >= 15 is 0 Å². The molecule has 0 aromatic heterocycles. The van der Waals surface area contributed by atoms with Gasteiger partial charge in [0.25, 0.3) is 0 Å². The lowest BCUT2D eigenvalue weighted by molar-refractivity contribution is 0.0489. The average molecular weight is 325 g/mol. The molecule has 2 N–H and O–H groups in total. The summed E-state index contributed by atoms with van der Waals surface area (Å²) in [6.07, 6.45) is 3.61. The molecule has 1 saturated heterocycles. The van der Waals surface area contributed by atoms with Crippen LogP contribution in [0.1, 0.15) is 60.8 Å². The van der Waals surface area contributed by atoms with E-state index in [1.54, 1.807) is 0 Å². The third-order valence-corrected chi connectivity index (χ3v) is 4.77. The van der Waals surface area contributed by atoms with Gasteiger partial charge in [0.1, 0.15) is 5.60 Å². The van der Waals surface area contributed by atoms with Crippen molar-refractivity contribution in [2.75, 3.05) is 13.1 Å². The highest BCUT2D eigenvalue weighted by Crippen LogP contribution is 2.33. The fourth-order valence-corrected chi connectivity index (χ4v) is 3.33. The SMILES string of the molecule is CC(C)C(CNC1CC(C)N(C2CC2)C1)NC(=O)OC(C)(C)C. The molecule has 1 amide bonds. The van der Waals surface area contributed by atoms with Crippen LogP contribution in [0, 0.1) is 5.92 Å². The number of nitrogens with zero attached hydrogens (tertiary/aromatic N) is 1. The number of nitrogens with one attached hydrogen (secondary N) is 2. The van der Waals surface area contributed by atoms with Gasteiger partial charge in [0, 0.05) is 37.3 Å². The first-order valence-corrected chi connectivity index (χ1v) is 9.14. The van der Waals surface area contributed by atoms with Crippen molar-refractivity contribution in [3.05, 3.63) is 0 Å². The van der Waals surface area contributed by atoms with Gasteiger partial charge < -0.3 is 15.4 Å². The molecule has 0 spiro atoms. The Hall–Kier alpha value is -0.810. The summed E-state index contributed by atoms with van der Waals surface area (Å²) in [4.78, 5) is 14.6. The van der Waals surface area contributed by atoms with Crippen LogP contribution in [0.5, 0.6) is 0 Å². The maximum Gasteiger partial charge on any atom is 0.407 e. The number of amides is 1. The number of alkyl carbamates (subject to hydrolysis) is 1. The third-order valence-electron chi connectivity index (χ3n) is 4.77. The summed E-state index contributed by atoms with van der Waals surface area (Å²) in [5.74, 6) is 0.369. The van der Waals surface area contributed by atoms with Gasteiger partial charge in [0.05, 0.1) is 0 Å². The summed E-state index contributed by atoms with van der Waals surface area (Å²) in [5.41, 5.74) is -0.454. The third kappa shape index (κ3) is 5.96. The highest BCUT2D eigenvalue weighted by atomic mass is 16.6. The van der Waals surface area contributed by atoms with Crippen LogP contribution in [0.4, 0.5) is 4.79 Å². The van der Waals surface area contributed by atoms with E-state index in [2.05, 4.69) is 36.3 Å². The van der Waals surface area contributed by atoms with Gasteiger partial charge in [-0.05, 0) is 52.9 Å². The molecule has 3 atom stereocenters. The van der Waals surface area contributed by atoms with Gasteiger partial charge in [0.2, 0.25) is 0 Å². The van der Waals surface area contributed by atoms with E-state index in [1.165, 1.54) is 19.3 Å². The predicted octanol–water partition coefficient (Wildman–Crippen LogP) is 2.75. The van der Waals surface area contributed by atoms with Gasteiger partial charge in [-0.15, -0.1) is 0 Å². The summed E-state index contributed by atoms with van der Waals surface area (Å²) < 4.78 is 5.38. The van der Waals surface area contributed by atoms with Crippen molar-refractivity contribution in [3.8, 4) is 0 Å². The summed E-state index contributed by atoms with van der Waals surface area (Å²) in [7, 11) is 0. The molecule has 1 saturated carbocycles. The lowest BCUT2D eigenvalue weighted by Gasteiger charge is -2.27. The summed E-state index contributed by atoms with van der Waals surface area (Å²) in [5, 5.41) is 6.68. The first kappa shape index (κ1) is 18.5. The maximum atomic E-state index is 12.0. The average Bonchev–Trinajstić information content (AvgIpc) is 3.16. The van der Waals surface area contributed by atoms with Crippen LogP contribution in [0.3, 0.4) is 0 Å². The Balaban J connectivity index is 1.77.